The molecule has 0 amide bonds. The molecule has 0 saturated carbocycles. The van der Waals surface area contributed by atoms with Gasteiger partial charge in [0, 0.05) is 17.3 Å². The first kappa shape index (κ1) is 14.2. The van der Waals surface area contributed by atoms with Crippen LogP contribution in [0.3, 0.4) is 0 Å². The zero-order valence-corrected chi connectivity index (χ0v) is 12.8. The van der Waals surface area contributed by atoms with E-state index in [0.717, 1.165) is 10.7 Å². The van der Waals surface area contributed by atoms with Crippen LogP contribution >= 0.6 is 22.9 Å². The molecule has 0 bridgehead atoms. The molecule has 0 aliphatic carbocycles. The fourth-order valence-corrected chi connectivity index (χ4v) is 2.57. The molecule has 0 aliphatic rings. The summed E-state index contributed by atoms with van der Waals surface area (Å²) in [6.45, 7) is 6.03. The van der Waals surface area contributed by atoms with E-state index in [1.807, 2.05) is 43.6 Å². The molecule has 1 unspecified atom stereocenters. The van der Waals surface area contributed by atoms with E-state index in [-0.39, 0.29) is 12.1 Å². The fraction of sp³-hybridized carbons (Fsp3) is 0.357. The average Bonchev–Trinajstić information content (AvgIpc) is 2.86. The van der Waals surface area contributed by atoms with Gasteiger partial charge in [-0.1, -0.05) is 11.6 Å². The van der Waals surface area contributed by atoms with Gasteiger partial charge in [-0.3, -0.25) is 0 Å². The van der Waals surface area contributed by atoms with Gasteiger partial charge in [0.15, 0.2) is 0 Å². The lowest BCUT2D eigenvalue weighted by Crippen LogP contribution is -2.08. The third-order valence-corrected chi connectivity index (χ3v) is 3.75. The van der Waals surface area contributed by atoms with Crippen LogP contribution in [0.25, 0.3) is 0 Å². The molecule has 102 valence electrons. The Bertz CT molecular complexity index is 528. The predicted octanol–water partition coefficient (Wildman–Crippen LogP) is 4.76. The molecule has 0 saturated heterocycles. The van der Waals surface area contributed by atoms with E-state index < -0.39 is 0 Å². The van der Waals surface area contributed by atoms with Crippen molar-refractivity contribution in [1.82, 2.24) is 4.98 Å². The Morgan fingerprint density at radius 2 is 2.11 bits per heavy atom. The van der Waals surface area contributed by atoms with E-state index in [1.165, 1.54) is 0 Å². The Labute approximate surface area is 122 Å². The lowest BCUT2D eigenvalue weighted by Gasteiger charge is -2.15. The van der Waals surface area contributed by atoms with Crippen LogP contribution < -0.4 is 10.1 Å². The summed E-state index contributed by atoms with van der Waals surface area (Å²) in [5.74, 6) is 0.712. The van der Waals surface area contributed by atoms with Gasteiger partial charge < -0.3 is 10.1 Å². The number of nitrogens with zero attached hydrogens (tertiary/aromatic N) is 1. The van der Waals surface area contributed by atoms with Gasteiger partial charge in [-0.2, -0.15) is 0 Å². The number of ether oxygens (including phenoxy) is 1. The molecular weight excluding hydrogens is 280 g/mol. The standard InChI is InChI=1S/C14H17ClN2OS/c1-9(2)18-13-5-4-11(8-12(13)15)17-10(3)14-16-6-7-19-14/h4-10,17H,1-3H3. The van der Waals surface area contributed by atoms with Crippen LogP contribution in [0.15, 0.2) is 29.8 Å². The van der Waals surface area contributed by atoms with Gasteiger partial charge in [0.25, 0.3) is 0 Å². The normalized spacial score (nSPS) is 12.5. The van der Waals surface area contributed by atoms with Crippen molar-refractivity contribution in [3.05, 3.63) is 39.8 Å². The minimum Gasteiger partial charge on any atom is -0.489 e. The van der Waals surface area contributed by atoms with Gasteiger partial charge in [0.05, 0.1) is 17.2 Å². The Balaban J connectivity index is 2.07. The Kier molecular flexibility index (Phi) is 4.66. The Hall–Kier alpha value is -1.26. The van der Waals surface area contributed by atoms with Gasteiger partial charge in [-0.15, -0.1) is 11.3 Å². The topological polar surface area (TPSA) is 34.1 Å². The van der Waals surface area contributed by atoms with Crippen LogP contribution in [0.2, 0.25) is 5.02 Å². The second-order valence-corrected chi connectivity index (χ2v) is 5.88. The summed E-state index contributed by atoms with van der Waals surface area (Å²) in [6.07, 6.45) is 1.93. The second-order valence-electron chi connectivity index (χ2n) is 4.55. The zero-order chi connectivity index (χ0) is 13.8. The molecule has 1 N–H and O–H groups in total. The molecule has 19 heavy (non-hydrogen) atoms. The van der Waals surface area contributed by atoms with Crippen LogP contribution in [0.5, 0.6) is 5.75 Å². The zero-order valence-electron chi connectivity index (χ0n) is 11.2. The summed E-state index contributed by atoms with van der Waals surface area (Å²) in [6, 6.07) is 5.89. The lowest BCUT2D eigenvalue weighted by molar-refractivity contribution is 0.242. The molecule has 0 fully saturated rings. The summed E-state index contributed by atoms with van der Waals surface area (Å²) in [4.78, 5) is 4.29. The van der Waals surface area contributed by atoms with Gasteiger partial charge >= 0.3 is 0 Å². The number of halogens is 1. The van der Waals surface area contributed by atoms with E-state index in [0.29, 0.717) is 10.8 Å². The summed E-state index contributed by atoms with van der Waals surface area (Å²) >= 11 is 7.84. The number of benzene rings is 1. The largest absolute Gasteiger partial charge is 0.489 e. The summed E-state index contributed by atoms with van der Waals surface area (Å²) in [5.41, 5.74) is 0.962. The summed E-state index contributed by atoms with van der Waals surface area (Å²) < 4.78 is 5.61. The molecule has 2 aromatic rings. The monoisotopic (exact) mass is 296 g/mol. The summed E-state index contributed by atoms with van der Waals surface area (Å²) in [5, 5.41) is 7.02. The average molecular weight is 297 g/mol. The molecule has 2 rings (SSSR count). The molecule has 1 aromatic carbocycles. The SMILES string of the molecule is CC(C)Oc1ccc(NC(C)c2nccs2)cc1Cl. The van der Waals surface area contributed by atoms with Crippen molar-refractivity contribution in [3.8, 4) is 5.75 Å². The molecule has 1 atom stereocenters. The van der Waals surface area contributed by atoms with Gasteiger partial charge in [-0.05, 0) is 39.0 Å². The number of hydrogen-bond donors (Lipinski definition) is 1. The lowest BCUT2D eigenvalue weighted by atomic mass is 10.2. The number of aromatic nitrogens is 1. The molecular formula is C14H17ClN2OS. The van der Waals surface area contributed by atoms with E-state index in [4.69, 9.17) is 16.3 Å². The van der Waals surface area contributed by atoms with Crippen LogP contribution in [0.1, 0.15) is 31.8 Å². The third-order valence-electron chi connectivity index (χ3n) is 2.50. The molecule has 0 aliphatic heterocycles. The first-order chi connectivity index (χ1) is 9.06. The van der Waals surface area contributed by atoms with E-state index in [9.17, 15) is 0 Å². The smallest absolute Gasteiger partial charge is 0.138 e. The highest BCUT2D eigenvalue weighted by Gasteiger charge is 2.10. The quantitative estimate of drug-likeness (QED) is 0.864. The highest BCUT2D eigenvalue weighted by Crippen LogP contribution is 2.30. The van der Waals surface area contributed by atoms with Crippen molar-refractivity contribution < 1.29 is 4.74 Å². The molecule has 1 aromatic heterocycles. The molecule has 1 heterocycles. The van der Waals surface area contributed by atoms with Crippen LogP contribution in [-0.4, -0.2) is 11.1 Å². The van der Waals surface area contributed by atoms with E-state index in [1.54, 1.807) is 11.3 Å². The maximum atomic E-state index is 6.20. The number of rotatable bonds is 5. The predicted molar refractivity (Wildman–Crippen MR) is 81.4 cm³/mol. The van der Waals surface area contributed by atoms with Crippen LogP contribution in [0.4, 0.5) is 5.69 Å². The van der Waals surface area contributed by atoms with Crippen molar-refractivity contribution >= 4 is 28.6 Å². The Morgan fingerprint density at radius 1 is 1.32 bits per heavy atom. The van der Waals surface area contributed by atoms with Gasteiger partial charge in [0.2, 0.25) is 0 Å². The molecule has 0 spiro atoms. The van der Waals surface area contributed by atoms with Gasteiger partial charge in [-0.25, -0.2) is 4.98 Å². The van der Waals surface area contributed by atoms with Crippen molar-refractivity contribution in [2.45, 2.75) is 32.9 Å². The van der Waals surface area contributed by atoms with Crippen molar-refractivity contribution in [2.75, 3.05) is 5.32 Å². The van der Waals surface area contributed by atoms with Gasteiger partial charge in [0.1, 0.15) is 10.8 Å². The fourth-order valence-electron chi connectivity index (χ4n) is 1.70. The molecule has 5 heteroatoms. The minimum absolute atomic E-state index is 0.116. The first-order valence-electron chi connectivity index (χ1n) is 6.18. The number of hydrogen-bond acceptors (Lipinski definition) is 4. The van der Waals surface area contributed by atoms with Crippen LogP contribution in [0, 0.1) is 0 Å². The molecule has 3 nitrogen and oxygen atoms in total. The minimum atomic E-state index is 0.116. The molecule has 0 radical (unpaired) electrons. The van der Waals surface area contributed by atoms with Crippen molar-refractivity contribution in [3.63, 3.8) is 0 Å². The highest BCUT2D eigenvalue weighted by atomic mass is 35.5. The van der Waals surface area contributed by atoms with Crippen molar-refractivity contribution in [2.24, 2.45) is 0 Å². The van der Waals surface area contributed by atoms with Crippen molar-refractivity contribution in [1.29, 1.82) is 0 Å². The number of nitrogens with one attached hydrogen (secondary N) is 1. The maximum Gasteiger partial charge on any atom is 0.138 e. The number of thiazole rings is 1. The number of anilines is 1. The first-order valence-corrected chi connectivity index (χ1v) is 7.44. The van der Waals surface area contributed by atoms with Crippen LogP contribution in [-0.2, 0) is 0 Å². The second kappa shape index (κ2) is 6.26. The summed E-state index contributed by atoms with van der Waals surface area (Å²) in [7, 11) is 0. The highest BCUT2D eigenvalue weighted by molar-refractivity contribution is 7.09. The maximum absolute atomic E-state index is 6.20. The van der Waals surface area contributed by atoms with E-state index >= 15 is 0 Å². The third kappa shape index (κ3) is 3.85. The van der Waals surface area contributed by atoms with E-state index in [2.05, 4.69) is 17.2 Å². The Morgan fingerprint density at radius 3 is 2.68 bits per heavy atom.